The summed E-state index contributed by atoms with van der Waals surface area (Å²) < 4.78 is 0. The maximum atomic E-state index is 11.5. The molecule has 1 unspecified atom stereocenters. The normalized spacial score (nSPS) is 11.7. The minimum atomic E-state index is -0.711. The summed E-state index contributed by atoms with van der Waals surface area (Å²) in [6.07, 6.45) is 0. The first-order valence-corrected chi connectivity index (χ1v) is 5.20. The molecule has 0 saturated carbocycles. The van der Waals surface area contributed by atoms with E-state index >= 15 is 0 Å². The average Bonchev–Trinajstić information content (AvgIpc) is 2.13. The van der Waals surface area contributed by atoms with E-state index in [0.29, 0.717) is 13.1 Å². The minimum absolute atomic E-state index is 0.432. The number of likely N-dealkylation sites (N-methyl/N-ethyl adjacent to an activating group) is 1. The monoisotopic (exact) mass is 232 g/mol. The first-order valence-electron chi connectivity index (χ1n) is 4.76. The van der Waals surface area contributed by atoms with Crippen LogP contribution in [0.2, 0.25) is 0 Å². The van der Waals surface area contributed by atoms with Gasteiger partial charge in [-0.15, -0.1) is 11.6 Å². The summed E-state index contributed by atoms with van der Waals surface area (Å²) in [6, 6.07) is -0.432. The molecule has 15 heavy (non-hydrogen) atoms. The van der Waals surface area contributed by atoms with Gasteiger partial charge in [-0.05, 0) is 20.8 Å². The maximum Gasteiger partial charge on any atom is 0.324 e. The van der Waals surface area contributed by atoms with Gasteiger partial charge in [0.15, 0.2) is 0 Å². The van der Waals surface area contributed by atoms with Gasteiger partial charge in [0.05, 0.1) is 0 Å². The van der Waals surface area contributed by atoms with E-state index < -0.39 is 17.3 Å². The second-order valence-electron chi connectivity index (χ2n) is 3.38. The van der Waals surface area contributed by atoms with E-state index in [2.05, 4.69) is 11.9 Å². The fourth-order valence-electron chi connectivity index (χ4n) is 0.937. The van der Waals surface area contributed by atoms with Crippen LogP contribution in [0.15, 0.2) is 12.2 Å². The fourth-order valence-corrected chi connectivity index (χ4v) is 0.991. The molecule has 86 valence electrons. The lowest BCUT2D eigenvalue weighted by atomic mass is 10.3. The predicted octanol–water partition coefficient (Wildman–Crippen LogP) is 1.75. The first-order chi connectivity index (χ1) is 6.88. The number of hydrogen-bond acceptors (Lipinski definition) is 2. The van der Waals surface area contributed by atoms with Crippen molar-refractivity contribution in [1.82, 2.24) is 10.2 Å². The quantitative estimate of drug-likeness (QED) is 0.593. The third-order valence-electron chi connectivity index (χ3n) is 1.72. The number of nitrogens with one attached hydrogen (secondary N) is 1. The van der Waals surface area contributed by atoms with Crippen LogP contribution in [0.3, 0.4) is 0 Å². The summed E-state index contributed by atoms with van der Waals surface area (Å²) in [7, 11) is 0. The Labute approximate surface area is 95.3 Å². The van der Waals surface area contributed by atoms with E-state index in [9.17, 15) is 9.59 Å². The molecule has 0 aromatic carbocycles. The number of carbonyl (C=O) groups excluding carboxylic acids is 2. The van der Waals surface area contributed by atoms with Gasteiger partial charge in [0, 0.05) is 13.1 Å². The number of hydrogen-bond donors (Lipinski definition) is 1. The number of amides is 3. The van der Waals surface area contributed by atoms with Crippen molar-refractivity contribution in [2.24, 2.45) is 0 Å². The molecule has 3 amide bonds. The summed E-state index contributed by atoms with van der Waals surface area (Å²) in [5, 5.41) is 1.50. The van der Waals surface area contributed by atoms with Gasteiger partial charge in [0.25, 0.3) is 0 Å². The Morgan fingerprint density at radius 3 is 2.40 bits per heavy atom. The maximum absolute atomic E-state index is 11.5. The van der Waals surface area contributed by atoms with Crippen LogP contribution in [0, 0.1) is 0 Å². The third kappa shape index (κ3) is 5.42. The van der Waals surface area contributed by atoms with E-state index in [1.165, 1.54) is 11.8 Å². The van der Waals surface area contributed by atoms with Gasteiger partial charge < -0.3 is 4.90 Å². The van der Waals surface area contributed by atoms with Crippen LogP contribution in [0.25, 0.3) is 0 Å². The molecule has 0 saturated heterocycles. The van der Waals surface area contributed by atoms with Crippen LogP contribution in [0.1, 0.15) is 20.8 Å². The highest BCUT2D eigenvalue weighted by Crippen LogP contribution is 1.98. The lowest BCUT2D eigenvalue weighted by molar-refractivity contribution is -0.119. The van der Waals surface area contributed by atoms with Crippen molar-refractivity contribution in [3.05, 3.63) is 12.2 Å². The number of carbonyl (C=O) groups is 2. The molecule has 0 aromatic heterocycles. The number of rotatable bonds is 4. The molecule has 1 atom stereocenters. The van der Waals surface area contributed by atoms with Gasteiger partial charge in [-0.2, -0.15) is 0 Å². The van der Waals surface area contributed by atoms with Gasteiger partial charge in [-0.25, -0.2) is 4.79 Å². The molecule has 4 nitrogen and oxygen atoms in total. The van der Waals surface area contributed by atoms with Crippen molar-refractivity contribution in [3.63, 3.8) is 0 Å². The first kappa shape index (κ1) is 14.0. The van der Waals surface area contributed by atoms with Crippen LogP contribution in [-0.4, -0.2) is 35.3 Å². The molecule has 0 aromatic rings. The number of urea groups is 1. The Hall–Kier alpha value is -1.03. The summed E-state index contributed by atoms with van der Waals surface area (Å²) in [5.41, 5.74) is 0.860. The minimum Gasteiger partial charge on any atom is -0.321 e. The number of alkyl halides is 1. The molecule has 0 aliphatic heterocycles. The predicted molar refractivity (Wildman–Crippen MR) is 60.9 cm³/mol. The Kier molecular flexibility index (Phi) is 6.01. The van der Waals surface area contributed by atoms with E-state index in [4.69, 9.17) is 11.6 Å². The summed E-state index contributed by atoms with van der Waals surface area (Å²) in [4.78, 5) is 24.2. The van der Waals surface area contributed by atoms with E-state index in [-0.39, 0.29) is 0 Å². The zero-order chi connectivity index (χ0) is 12.0. The highest BCUT2D eigenvalue weighted by molar-refractivity contribution is 6.31. The number of nitrogens with zero attached hydrogens (tertiary/aromatic N) is 1. The zero-order valence-corrected chi connectivity index (χ0v) is 10.1. The van der Waals surface area contributed by atoms with Gasteiger partial charge in [0.2, 0.25) is 5.91 Å². The standard InChI is InChI=1S/C10H17ClN2O2/c1-5-13(6-7(2)3)10(15)12-9(14)8(4)11/h8H,2,5-6H2,1,3-4H3,(H,12,14,15). The smallest absolute Gasteiger partial charge is 0.321 e. The van der Waals surface area contributed by atoms with Crippen molar-refractivity contribution in [2.75, 3.05) is 13.1 Å². The lowest BCUT2D eigenvalue weighted by Gasteiger charge is -2.21. The molecule has 0 bridgehead atoms. The SMILES string of the molecule is C=C(C)CN(CC)C(=O)NC(=O)C(C)Cl. The van der Waals surface area contributed by atoms with E-state index in [1.807, 2.05) is 13.8 Å². The molecule has 0 rings (SSSR count). The fraction of sp³-hybridized carbons (Fsp3) is 0.600. The van der Waals surface area contributed by atoms with Crippen molar-refractivity contribution in [2.45, 2.75) is 26.1 Å². The van der Waals surface area contributed by atoms with Crippen LogP contribution in [-0.2, 0) is 4.79 Å². The third-order valence-corrected chi connectivity index (χ3v) is 1.92. The zero-order valence-electron chi connectivity index (χ0n) is 9.34. The van der Waals surface area contributed by atoms with Crippen LogP contribution >= 0.6 is 11.6 Å². The van der Waals surface area contributed by atoms with Gasteiger partial charge in [-0.1, -0.05) is 12.2 Å². The van der Waals surface area contributed by atoms with E-state index in [1.54, 1.807) is 0 Å². The molecular weight excluding hydrogens is 216 g/mol. The van der Waals surface area contributed by atoms with Gasteiger partial charge in [0.1, 0.15) is 5.38 Å². The van der Waals surface area contributed by atoms with Crippen LogP contribution in [0.4, 0.5) is 4.79 Å². The van der Waals surface area contributed by atoms with Crippen LogP contribution < -0.4 is 5.32 Å². The largest absolute Gasteiger partial charge is 0.324 e. The van der Waals surface area contributed by atoms with Gasteiger partial charge >= 0.3 is 6.03 Å². The van der Waals surface area contributed by atoms with E-state index in [0.717, 1.165) is 5.57 Å². The Bertz CT molecular complexity index is 264. The van der Waals surface area contributed by atoms with Crippen molar-refractivity contribution < 1.29 is 9.59 Å². The highest BCUT2D eigenvalue weighted by Gasteiger charge is 2.17. The number of imide groups is 1. The second kappa shape index (κ2) is 6.45. The van der Waals surface area contributed by atoms with Crippen LogP contribution in [0.5, 0.6) is 0 Å². The topological polar surface area (TPSA) is 49.4 Å². The highest BCUT2D eigenvalue weighted by atomic mass is 35.5. The molecule has 0 aliphatic carbocycles. The molecule has 0 spiro atoms. The molecule has 5 heteroatoms. The van der Waals surface area contributed by atoms with Gasteiger partial charge in [-0.3, -0.25) is 10.1 Å². The Morgan fingerprint density at radius 1 is 1.53 bits per heavy atom. The lowest BCUT2D eigenvalue weighted by Crippen LogP contribution is -2.45. The Morgan fingerprint density at radius 2 is 2.07 bits per heavy atom. The van der Waals surface area contributed by atoms with Crippen molar-refractivity contribution in [1.29, 1.82) is 0 Å². The Balaban J connectivity index is 4.27. The summed E-state index contributed by atoms with van der Waals surface area (Å²) >= 11 is 5.53. The van der Waals surface area contributed by atoms with Crippen molar-refractivity contribution >= 4 is 23.5 Å². The molecule has 0 radical (unpaired) electrons. The number of halogens is 1. The molecule has 0 aliphatic rings. The second-order valence-corrected chi connectivity index (χ2v) is 4.04. The molecular formula is C10H17ClN2O2. The molecule has 1 N–H and O–H groups in total. The summed E-state index contributed by atoms with van der Waals surface area (Å²) in [6.45, 7) is 9.83. The van der Waals surface area contributed by atoms with Crippen molar-refractivity contribution in [3.8, 4) is 0 Å². The average molecular weight is 233 g/mol. The molecule has 0 heterocycles. The summed E-state index contributed by atoms with van der Waals surface area (Å²) in [5.74, 6) is -0.484. The molecule has 0 fully saturated rings.